The second kappa shape index (κ2) is 7.62. The number of likely N-dealkylation sites (tertiary alicyclic amines) is 1. The number of rotatable bonds is 6. The zero-order valence-electron chi connectivity index (χ0n) is 18.0. The fourth-order valence-corrected chi connectivity index (χ4v) is 5.47. The summed E-state index contributed by atoms with van der Waals surface area (Å²) < 4.78 is 7.69. The van der Waals surface area contributed by atoms with Crippen molar-refractivity contribution in [2.75, 3.05) is 26.7 Å². The van der Waals surface area contributed by atoms with Gasteiger partial charge >= 0.3 is 0 Å². The molecule has 4 aliphatic rings. The maximum absolute atomic E-state index is 12.9. The number of nitrogens with one attached hydrogen (secondary N) is 1. The topological polar surface area (TPSA) is 89.4 Å². The Morgan fingerprint density at radius 2 is 1.83 bits per heavy atom. The van der Waals surface area contributed by atoms with E-state index in [4.69, 9.17) is 4.74 Å². The Bertz CT molecular complexity index is 813. The van der Waals surface area contributed by atoms with E-state index < -0.39 is 0 Å². The van der Waals surface area contributed by atoms with Crippen molar-refractivity contribution < 1.29 is 14.3 Å². The second-order valence-corrected chi connectivity index (χ2v) is 9.83. The monoisotopic (exact) mass is 415 g/mol. The third kappa shape index (κ3) is 3.53. The molecule has 0 bridgehead atoms. The molecule has 8 heteroatoms. The van der Waals surface area contributed by atoms with Gasteiger partial charge in [0.2, 0.25) is 11.7 Å². The van der Waals surface area contributed by atoms with E-state index >= 15 is 0 Å². The van der Waals surface area contributed by atoms with Crippen molar-refractivity contribution >= 4 is 11.8 Å². The molecule has 1 aromatic rings. The van der Waals surface area contributed by atoms with E-state index in [1.165, 1.54) is 12.8 Å². The summed E-state index contributed by atoms with van der Waals surface area (Å²) in [5, 5.41) is 11.8. The number of piperidine rings is 1. The molecule has 1 spiro atoms. The second-order valence-electron chi connectivity index (χ2n) is 9.83. The van der Waals surface area contributed by atoms with Gasteiger partial charge in [-0.3, -0.25) is 9.59 Å². The smallest absolute Gasteiger partial charge is 0.289 e. The van der Waals surface area contributed by atoms with Gasteiger partial charge in [0, 0.05) is 38.7 Å². The van der Waals surface area contributed by atoms with Crippen molar-refractivity contribution in [1.82, 2.24) is 25.0 Å². The van der Waals surface area contributed by atoms with E-state index in [1.807, 2.05) is 9.47 Å². The van der Waals surface area contributed by atoms with E-state index in [1.54, 1.807) is 7.11 Å². The normalized spacial score (nSPS) is 24.2. The molecule has 0 aromatic carbocycles. The van der Waals surface area contributed by atoms with Gasteiger partial charge in [-0.15, -0.1) is 10.2 Å². The van der Waals surface area contributed by atoms with Gasteiger partial charge in [-0.25, -0.2) is 0 Å². The molecular formula is C22H33N5O3. The summed E-state index contributed by atoms with van der Waals surface area (Å²) >= 11 is 0. The Labute approximate surface area is 177 Å². The molecule has 0 atom stereocenters. The lowest BCUT2D eigenvalue weighted by molar-refractivity contribution is -0.145. The summed E-state index contributed by atoms with van der Waals surface area (Å²) in [6, 6.07) is 0. The lowest BCUT2D eigenvalue weighted by atomic mass is 9.72. The number of methoxy groups -OCH3 is 1. The summed E-state index contributed by atoms with van der Waals surface area (Å²) in [7, 11) is 1.73. The highest BCUT2D eigenvalue weighted by Gasteiger charge is 2.45. The number of nitrogens with zero attached hydrogens (tertiary/aromatic N) is 4. The summed E-state index contributed by atoms with van der Waals surface area (Å²) in [5.74, 6) is 2.16. The van der Waals surface area contributed by atoms with Crippen LogP contribution < -0.4 is 5.32 Å². The van der Waals surface area contributed by atoms with Crippen molar-refractivity contribution in [2.24, 2.45) is 5.92 Å². The molecule has 1 saturated heterocycles. The Morgan fingerprint density at radius 1 is 1.07 bits per heavy atom. The van der Waals surface area contributed by atoms with Crippen LogP contribution >= 0.6 is 0 Å². The standard InChI is InChI=1S/C22H33N5O3/c1-30-22(7-2-8-22)14-17(28)26-12-9-21(10-13-26)6-3-11-27-18(24-25-20(21)27)19(29)23-15-16-4-5-16/h16H,2-15H2,1H3,(H,23,29). The van der Waals surface area contributed by atoms with Gasteiger partial charge in [0.15, 0.2) is 0 Å². The number of hydrogen-bond donors (Lipinski definition) is 1. The molecule has 0 unspecified atom stereocenters. The first kappa shape index (κ1) is 20.0. The largest absolute Gasteiger partial charge is 0.378 e. The molecule has 164 valence electrons. The first-order valence-corrected chi connectivity index (χ1v) is 11.6. The molecule has 0 radical (unpaired) electrons. The number of ether oxygens (including phenoxy) is 1. The molecule has 8 nitrogen and oxygen atoms in total. The van der Waals surface area contributed by atoms with E-state index in [0.717, 1.165) is 76.9 Å². The van der Waals surface area contributed by atoms with Crippen LogP contribution in [0.25, 0.3) is 0 Å². The Balaban J connectivity index is 1.25. The van der Waals surface area contributed by atoms with Crippen LogP contribution in [0.3, 0.4) is 0 Å². The van der Waals surface area contributed by atoms with Gasteiger partial charge in [-0.2, -0.15) is 0 Å². The molecule has 1 N–H and O–H groups in total. The fraction of sp³-hybridized carbons (Fsp3) is 0.818. The SMILES string of the molecule is COC1(CC(=O)N2CCC3(CCCn4c(C(=O)NCC5CC5)nnc43)CC2)CCC1. The average Bonchev–Trinajstić information content (AvgIpc) is 3.46. The zero-order chi connectivity index (χ0) is 20.8. The summed E-state index contributed by atoms with van der Waals surface area (Å²) in [5.41, 5.74) is -0.285. The van der Waals surface area contributed by atoms with Crippen LogP contribution in [0, 0.1) is 5.92 Å². The molecule has 2 aliphatic carbocycles. The van der Waals surface area contributed by atoms with Crippen LogP contribution in [0.1, 0.15) is 80.7 Å². The van der Waals surface area contributed by atoms with Gasteiger partial charge in [0.05, 0.1) is 12.0 Å². The first-order chi connectivity index (χ1) is 14.5. The van der Waals surface area contributed by atoms with Gasteiger partial charge in [0.1, 0.15) is 5.82 Å². The quantitative estimate of drug-likeness (QED) is 0.768. The van der Waals surface area contributed by atoms with Gasteiger partial charge in [0.25, 0.3) is 5.91 Å². The van der Waals surface area contributed by atoms with Crippen LogP contribution in [0.4, 0.5) is 0 Å². The van der Waals surface area contributed by atoms with Gasteiger partial charge < -0.3 is 19.5 Å². The van der Waals surface area contributed by atoms with E-state index in [9.17, 15) is 9.59 Å². The van der Waals surface area contributed by atoms with E-state index in [-0.39, 0.29) is 22.8 Å². The molecule has 1 aromatic heterocycles. The van der Waals surface area contributed by atoms with Gasteiger partial charge in [-0.05, 0) is 63.7 Å². The molecule has 2 saturated carbocycles. The minimum Gasteiger partial charge on any atom is -0.378 e. The van der Waals surface area contributed by atoms with Crippen molar-refractivity contribution in [3.05, 3.63) is 11.6 Å². The van der Waals surface area contributed by atoms with Gasteiger partial charge in [-0.1, -0.05) is 0 Å². The van der Waals surface area contributed by atoms with Crippen molar-refractivity contribution in [3.63, 3.8) is 0 Å². The number of carbonyl (C=O) groups is 2. The van der Waals surface area contributed by atoms with E-state index in [0.29, 0.717) is 18.2 Å². The molecule has 3 fully saturated rings. The first-order valence-electron chi connectivity index (χ1n) is 11.6. The number of amides is 2. The predicted octanol–water partition coefficient (Wildman–Crippen LogP) is 2.03. The number of fused-ring (bicyclic) bond motifs is 2. The van der Waals surface area contributed by atoms with Crippen LogP contribution in [-0.2, 0) is 21.5 Å². The van der Waals surface area contributed by atoms with Crippen LogP contribution in [0.15, 0.2) is 0 Å². The third-order valence-electron chi connectivity index (χ3n) is 7.96. The molecule has 2 aliphatic heterocycles. The van der Waals surface area contributed by atoms with Crippen LogP contribution in [-0.4, -0.2) is 63.8 Å². The van der Waals surface area contributed by atoms with E-state index in [2.05, 4.69) is 15.5 Å². The molecule has 30 heavy (non-hydrogen) atoms. The van der Waals surface area contributed by atoms with Crippen molar-refractivity contribution in [2.45, 2.75) is 81.8 Å². The summed E-state index contributed by atoms with van der Waals surface area (Å²) in [4.78, 5) is 27.5. The minimum absolute atomic E-state index is 0.0630. The highest BCUT2D eigenvalue weighted by Crippen LogP contribution is 2.43. The Hall–Kier alpha value is -1.96. The highest BCUT2D eigenvalue weighted by atomic mass is 16.5. The molecule has 3 heterocycles. The zero-order valence-corrected chi connectivity index (χ0v) is 18.0. The van der Waals surface area contributed by atoms with Crippen molar-refractivity contribution in [1.29, 1.82) is 0 Å². The number of aromatic nitrogens is 3. The number of carbonyl (C=O) groups excluding carboxylic acids is 2. The average molecular weight is 416 g/mol. The lowest BCUT2D eigenvalue weighted by Crippen LogP contribution is -2.50. The minimum atomic E-state index is -0.222. The summed E-state index contributed by atoms with van der Waals surface area (Å²) in [6.07, 6.45) is 9.90. The maximum atomic E-state index is 12.9. The van der Waals surface area contributed by atoms with Crippen LogP contribution in [0.5, 0.6) is 0 Å². The molecule has 5 rings (SSSR count). The Morgan fingerprint density at radius 3 is 2.47 bits per heavy atom. The predicted molar refractivity (Wildman–Crippen MR) is 110 cm³/mol. The molecular weight excluding hydrogens is 382 g/mol. The molecule has 2 amide bonds. The van der Waals surface area contributed by atoms with Crippen LogP contribution in [0.2, 0.25) is 0 Å². The summed E-state index contributed by atoms with van der Waals surface area (Å²) in [6.45, 7) is 3.03. The Kier molecular flexibility index (Phi) is 5.08. The number of hydrogen-bond acceptors (Lipinski definition) is 5. The third-order valence-corrected chi connectivity index (χ3v) is 7.96. The van der Waals surface area contributed by atoms with Crippen molar-refractivity contribution in [3.8, 4) is 0 Å². The highest BCUT2D eigenvalue weighted by molar-refractivity contribution is 5.90. The maximum Gasteiger partial charge on any atom is 0.289 e. The lowest BCUT2D eigenvalue weighted by Gasteiger charge is -2.45. The fourth-order valence-electron chi connectivity index (χ4n) is 5.47.